The van der Waals surface area contributed by atoms with E-state index in [4.69, 9.17) is 0 Å². The maximum absolute atomic E-state index is 11.6. The zero-order chi connectivity index (χ0) is 14.1. The van der Waals surface area contributed by atoms with Crippen LogP contribution in [0.15, 0.2) is 12.4 Å². The molecule has 0 aromatic carbocycles. The minimum Gasteiger partial charge on any atom is -0.396 e. The molecular weight excluding hydrogens is 268 g/mol. The lowest BCUT2D eigenvalue weighted by molar-refractivity contribution is 0.0124. The fourth-order valence-corrected chi connectivity index (χ4v) is 4.76. The topological polar surface area (TPSA) is 92.4 Å². The van der Waals surface area contributed by atoms with Crippen molar-refractivity contribution >= 4 is 9.84 Å². The highest BCUT2D eigenvalue weighted by Gasteiger charge is 2.44. The van der Waals surface area contributed by atoms with Crippen LogP contribution in [-0.4, -0.2) is 53.1 Å². The van der Waals surface area contributed by atoms with Crippen LogP contribution < -0.4 is 0 Å². The molecule has 2 N–H and O–H groups in total. The van der Waals surface area contributed by atoms with Crippen LogP contribution in [0.1, 0.15) is 12.0 Å². The molecule has 1 atom stereocenters. The van der Waals surface area contributed by atoms with Crippen LogP contribution in [-0.2, 0) is 23.3 Å². The van der Waals surface area contributed by atoms with Gasteiger partial charge in [0.25, 0.3) is 0 Å². The van der Waals surface area contributed by atoms with Gasteiger partial charge in [-0.15, -0.1) is 0 Å². The van der Waals surface area contributed by atoms with Crippen molar-refractivity contribution in [1.29, 1.82) is 0 Å². The van der Waals surface area contributed by atoms with Gasteiger partial charge in [-0.05, 0) is 24.3 Å². The Kier molecular flexibility index (Phi) is 3.98. The number of aryl methyl sites for hydroxylation is 1. The molecule has 108 valence electrons. The van der Waals surface area contributed by atoms with Gasteiger partial charge in [-0.1, -0.05) is 0 Å². The molecule has 0 bridgehead atoms. The van der Waals surface area contributed by atoms with Crippen molar-refractivity contribution in [1.82, 2.24) is 9.78 Å². The Morgan fingerprint density at radius 2 is 2.16 bits per heavy atom. The van der Waals surface area contributed by atoms with Crippen molar-refractivity contribution in [2.24, 2.45) is 18.4 Å². The van der Waals surface area contributed by atoms with Crippen LogP contribution in [0.5, 0.6) is 0 Å². The highest BCUT2D eigenvalue weighted by molar-refractivity contribution is 7.91. The van der Waals surface area contributed by atoms with Crippen molar-refractivity contribution < 1.29 is 18.6 Å². The maximum atomic E-state index is 11.6. The molecule has 2 heterocycles. The number of nitrogens with zero attached hydrogens (tertiary/aromatic N) is 2. The average Bonchev–Trinajstić information content (AvgIpc) is 2.92. The zero-order valence-electron chi connectivity index (χ0n) is 11.0. The second-order valence-corrected chi connectivity index (χ2v) is 7.71. The van der Waals surface area contributed by atoms with E-state index in [9.17, 15) is 18.6 Å². The number of aliphatic hydroxyl groups excluding tert-OH is 2. The summed E-state index contributed by atoms with van der Waals surface area (Å²) in [5.74, 6) is -0.00592. The summed E-state index contributed by atoms with van der Waals surface area (Å²) in [6.45, 7) is -0.447. The minimum atomic E-state index is -3.03. The molecule has 1 unspecified atom stereocenters. The van der Waals surface area contributed by atoms with Crippen LogP contribution in [0.4, 0.5) is 0 Å². The second kappa shape index (κ2) is 5.22. The Morgan fingerprint density at radius 1 is 1.47 bits per heavy atom. The summed E-state index contributed by atoms with van der Waals surface area (Å²) in [6, 6.07) is 0. The van der Waals surface area contributed by atoms with E-state index in [-0.39, 0.29) is 30.6 Å². The van der Waals surface area contributed by atoms with Crippen molar-refractivity contribution in [2.75, 3.05) is 24.7 Å². The van der Waals surface area contributed by atoms with E-state index in [1.54, 1.807) is 17.9 Å². The van der Waals surface area contributed by atoms with Gasteiger partial charge in [0.15, 0.2) is 9.84 Å². The molecule has 0 amide bonds. The van der Waals surface area contributed by atoms with Gasteiger partial charge >= 0.3 is 0 Å². The third-order valence-electron chi connectivity index (χ3n) is 4.04. The van der Waals surface area contributed by atoms with Gasteiger partial charge in [-0.2, -0.15) is 5.10 Å². The number of sulfone groups is 1. The normalized spacial score (nSPS) is 22.8. The quantitative estimate of drug-likeness (QED) is 0.752. The van der Waals surface area contributed by atoms with Crippen LogP contribution in [0, 0.1) is 11.3 Å². The maximum Gasteiger partial charge on any atom is 0.150 e. The Hall–Kier alpha value is -0.920. The third-order valence-corrected chi connectivity index (χ3v) is 5.81. The van der Waals surface area contributed by atoms with Gasteiger partial charge < -0.3 is 10.2 Å². The van der Waals surface area contributed by atoms with Crippen molar-refractivity contribution in [3.05, 3.63) is 18.0 Å². The molecule has 2 rings (SSSR count). The summed E-state index contributed by atoms with van der Waals surface area (Å²) in [4.78, 5) is 0. The number of aliphatic hydroxyl groups is 2. The number of aromatic nitrogens is 2. The lowest BCUT2D eigenvalue weighted by Gasteiger charge is -2.35. The standard InChI is InChI=1S/C12H20N2O4S/c1-14-6-10(5-13-14)4-12(8-15,9-16)11-2-3-19(17,18)7-11/h5-6,11,15-16H,2-4,7-9H2,1H3. The summed E-state index contributed by atoms with van der Waals surface area (Å²) in [5, 5.41) is 23.4. The van der Waals surface area contributed by atoms with Crippen LogP contribution >= 0.6 is 0 Å². The molecule has 7 heteroatoms. The molecule has 6 nitrogen and oxygen atoms in total. The predicted molar refractivity (Wildman–Crippen MR) is 70.3 cm³/mol. The SMILES string of the molecule is Cn1cc(CC(CO)(CO)C2CCS(=O)(=O)C2)cn1. The summed E-state index contributed by atoms with van der Waals surface area (Å²) < 4.78 is 24.8. The third kappa shape index (κ3) is 2.98. The molecule has 19 heavy (non-hydrogen) atoms. The molecule has 1 aliphatic rings. The van der Waals surface area contributed by atoms with Gasteiger partial charge in [0.05, 0.1) is 30.9 Å². The molecule has 1 aromatic rings. The van der Waals surface area contributed by atoms with Gasteiger partial charge in [0, 0.05) is 18.7 Å². The van der Waals surface area contributed by atoms with E-state index in [1.165, 1.54) is 0 Å². The van der Waals surface area contributed by atoms with E-state index in [1.807, 2.05) is 6.20 Å². The Bertz CT molecular complexity index is 534. The molecule has 1 fully saturated rings. The molecule has 0 saturated carbocycles. The molecule has 0 aliphatic carbocycles. The van der Waals surface area contributed by atoms with E-state index >= 15 is 0 Å². The first-order valence-electron chi connectivity index (χ1n) is 6.30. The minimum absolute atomic E-state index is 0.0500. The van der Waals surface area contributed by atoms with Crippen LogP contribution in [0.2, 0.25) is 0 Å². The van der Waals surface area contributed by atoms with Gasteiger partial charge in [0.1, 0.15) is 0 Å². The number of rotatable bonds is 5. The molecular formula is C12H20N2O4S. The first kappa shape index (κ1) is 14.5. The summed E-state index contributed by atoms with van der Waals surface area (Å²) in [7, 11) is -1.23. The monoisotopic (exact) mass is 288 g/mol. The van der Waals surface area contributed by atoms with Crippen molar-refractivity contribution in [2.45, 2.75) is 12.8 Å². The Labute approximate surface area is 113 Å². The fraction of sp³-hybridized carbons (Fsp3) is 0.750. The lowest BCUT2D eigenvalue weighted by Crippen LogP contribution is -2.40. The van der Waals surface area contributed by atoms with Crippen molar-refractivity contribution in [3.8, 4) is 0 Å². The molecule has 0 spiro atoms. The summed E-state index contributed by atoms with van der Waals surface area (Å²) in [6.07, 6.45) is 4.45. The highest BCUT2D eigenvalue weighted by atomic mass is 32.2. The Morgan fingerprint density at radius 3 is 2.58 bits per heavy atom. The van der Waals surface area contributed by atoms with Crippen LogP contribution in [0.3, 0.4) is 0 Å². The van der Waals surface area contributed by atoms with Gasteiger partial charge in [-0.25, -0.2) is 8.42 Å². The largest absolute Gasteiger partial charge is 0.396 e. The van der Waals surface area contributed by atoms with Gasteiger partial charge in [0.2, 0.25) is 0 Å². The molecule has 0 radical (unpaired) electrons. The smallest absolute Gasteiger partial charge is 0.150 e. The Balaban J connectivity index is 2.22. The predicted octanol–water partition coefficient (Wildman–Crippen LogP) is -0.632. The first-order chi connectivity index (χ1) is 8.91. The highest BCUT2D eigenvalue weighted by Crippen LogP contribution is 2.38. The average molecular weight is 288 g/mol. The lowest BCUT2D eigenvalue weighted by atomic mass is 9.72. The zero-order valence-corrected chi connectivity index (χ0v) is 11.8. The van der Waals surface area contributed by atoms with E-state index in [0.717, 1.165) is 5.56 Å². The fourth-order valence-electron chi connectivity index (χ4n) is 2.81. The summed E-state index contributed by atoms with van der Waals surface area (Å²) >= 11 is 0. The van der Waals surface area contributed by atoms with Crippen LogP contribution in [0.25, 0.3) is 0 Å². The van der Waals surface area contributed by atoms with Gasteiger partial charge in [-0.3, -0.25) is 4.68 Å². The second-order valence-electron chi connectivity index (χ2n) is 5.48. The molecule has 1 aromatic heterocycles. The van der Waals surface area contributed by atoms with Crippen molar-refractivity contribution in [3.63, 3.8) is 0 Å². The van der Waals surface area contributed by atoms with E-state index < -0.39 is 15.3 Å². The molecule has 1 aliphatic heterocycles. The molecule has 1 saturated heterocycles. The first-order valence-corrected chi connectivity index (χ1v) is 8.12. The van der Waals surface area contributed by atoms with E-state index in [2.05, 4.69) is 5.10 Å². The number of hydrogen-bond acceptors (Lipinski definition) is 5. The van der Waals surface area contributed by atoms with E-state index in [0.29, 0.717) is 12.8 Å². The number of hydrogen-bond donors (Lipinski definition) is 2. The summed E-state index contributed by atoms with van der Waals surface area (Å²) in [5.41, 5.74) is 0.113.